The first kappa shape index (κ1) is 12.4. The van der Waals surface area contributed by atoms with Gasteiger partial charge in [-0.25, -0.2) is 4.79 Å². The number of hydrogen-bond donors (Lipinski definition) is 2. The Bertz CT molecular complexity index is 238. The Hall–Kier alpha value is -0.620. The van der Waals surface area contributed by atoms with Gasteiger partial charge in [-0.05, 0) is 37.5 Å². The van der Waals surface area contributed by atoms with E-state index in [1.54, 1.807) is 0 Å². The zero-order chi connectivity index (χ0) is 11.3. The van der Waals surface area contributed by atoms with Crippen LogP contribution in [0.25, 0.3) is 0 Å². The summed E-state index contributed by atoms with van der Waals surface area (Å²) in [4.78, 5) is 10.3. The van der Waals surface area contributed by atoms with Crippen LogP contribution in [-0.4, -0.2) is 32.3 Å². The molecule has 0 aromatic carbocycles. The van der Waals surface area contributed by atoms with Crippen molar-refractivity contribution in [2.45, 2.75) is 25.7 Å². The van der Waals surface area contributed by atoms with Gasteiger partial charge in [-0.2, -0.15) is 0 Å². The molecule has 1 fully saturated rings. The second kappa shape index (κ2) is 6.07. The molecule has 6 heteroatoms. The van der Waals surface area contributed by atoms with E-state index in [-0.39, 0.29) is 11.7 Å². The van der Waals surface area contributed by atoms with Gasteiger partial charge in [0.05, 0.1) is 0 Å². The fourth-order valence-corrected chi connectivity index (χ4v) is 2.74. The minimum atomic E-state index is -1.95. The summed E-state index contributed by atoms with van der Waals surface area (Å²) in [7, 11) is 0. The SMILES string of the molecule is O=C(O)NCC1CCC(CS(=O)[O-])CC1. The van der Waals surface area contributed by atoms with Gasteiger partial charge in [-0.1, -0.05) is 11.1 Å². The van der Waals surface area contributed by atoms with E-state index in [4.69, 9.17) is 5.11 Å². The molecule has 1 atom stereocenters. The van der Waals surface area contributed by atoms with Crippen LogP contribution in [0.2, 0.25) is 0 Å². The second-order valence-electron chi connectivity index (χ2n) is 4.04. The van der Waals surface area contributed by atoms with Gasteiger partial charge < -0.3 is 15.0 Å². The van der Waals surface area contributed by atoms with E-state index in [2.05, 4.69) is 5.32 Å². The molecule has 1 amide bonds. The van der Waals surface area contributed by atoms with Gasteiger partial charge in [0.1, 0.15) is 0 Å². The molecule has 0 saturated heterocycles. The fraction of sp³-hybridized carbons (Fsp3) is 0.889. The van der Waals surface area contributed by atoms with E-state index < -0.39 is 17.2 Å². The van der Waals surface area contributed by atoms with E-state index in [0.29, 0.717) is 12.5 Å². The maximum atomic E-state index is 10.5. The summed E-state index contributed by atoms with van der Waals surface area (Å²) >= 11 is -1.95. The molecule has 1 saturated carbocycles. The molecular formula is C9H16NO4S-. The highest BCUT2D eigenvalue weighted by Gasteiger charge is 2.21. The molecule has 0 heterocycles. The van der Waals surface area contributed by atoms with E-state index >= 15 is 0 Å². The highest BCUT2D eigenvalue weighted by atomic mass is 32.2. The number of carbonyl (C=O) groups is 1. The van der Waals surface area contributed by atoms with Crippen molar-refractivity contribution in [2.75, 3.05) is 12.3 Å². The molecule has 1 unspecified atom stereocenters. The number of nitrogens with one attached hydrogen (secondary N) is 1. The fourth-order valence-electron chi connectivity index (χ4n) is 2.03. The van der Waals surface area contributed by atoms with Crippen molar-refractivity contribution in [1.82, 2.24) is 5.32 Å². The van der Waals surface area contributed by atoms with Crippen LogP contribution < -0.4 is 5.32 Å². The highest BCUT2D eigenvalue weighted by molar-refractivity contribution is 7.79. The normalized spacial score (nSPS) is 28.3. The monoisotopic (exact) mass is 234 g/mol. The number of amides is 1. The first-order valence-corrected chi connectivity index (χ1v) is 6.35. The van der Waals surface area contributed by atoms with E-state index in [9.17, 15) is 13.6 Å². The predicted octanol–water partition coefficient (Wildman–Crippen LogP) is 0.939. The summed E-state index contributed by atoms with van der Waals surface area (Å²) in [6.45, 7) is 0.489. The smallest absolute Gasteiger partial charge is 0.404 e. The van der Waals surface area contributed by atoms with Crippen LogP contribution in [0.4, 0.5) is 4.79 Å². The van der Waals surface area contributed by atoms with Gasteiger partial charge in [0.25, 0.3) is 0 Å². The average molecular weight is 234 g/mol. The molecule has 0 bridgehead atoms. The molecule has 1 aliphatic carbocycles. The summed E-state index contributed by atoms with van der Waals surface area (Å²) in [5.74, 6) is 0.890. The van der Waals surface area contributed by atoms with Crippen molar-refractivity contribution in [3.05, 3.63) is 0 Å². The number of carboxylic acid groups (broad SMARTS) is 1. The lowest BCUT2D eigenvalue weighted by atomic mass is 9.83. The molecule has 1 rings (SSSR count). The summed E-state index contributed by atoms with van der Waals surface area (Å²) in [5.41, 5.74) is 0. The van der Waals surface area contributed by atoms with Crippen molar-refractivity contribution in [3.8, 4) is 0 Å². The minimum absolute atomic E-state index is 0.249. The quantitative estimate of drug-likeness (QED) is 0.708. The van der Waals surface area contributed by atoms with E-state index in [0.717, 1.165) is 25.7 Å². The third kappa shape index (κ3) is 5.13. The van der Waals surface area contributed by atoms with Crippen molar-refractivity contribution < 1.29 is 18.7 Å². The maximum absolute atomic E-state index is 10.5. The maximum Gasteiger partial charge on any atom is 0.404 e. The van der Waals surface area contributed by atoms with Crippen molar-refractivity contribution in [2.24, 2.45) is 11.8 Å². The molecule has 0 aromatic heterocycles. The molecular weight excluding hydrogens is 218 g/mol. The van der Waals surface area contributed by atoms with E-state index in [1.165, 1.54) is 0 Å². The van der Waals surface area contributed by atoms with Crippen LogP contribution in [0, 0.1) is 11.8 Å². The Morgan fingerprint density at radius 2 is 1.87 bits per heavy atom. The molecule has 1 aliphatic rings. The lowest BCUT2D eigenvalue weighted by molar-refractivity contribution is 0.188. The van der Waals surface area contributed by atoms with E-state index in [1.807, 2.05) is 0 Å². The van der Waals surface area contributed by atoms with Crippen molar-refractivity contribution >= 4 is 17.2 Å². The minimum Gasteiger partial charge on any atom is -0.772 e. The molecule has 2 N–H and O–H groups in total. The number of rotatable bonds is 4. The first-order chi connectivity index (χ1) is 7.08. The summed E-state index contributed by atoms with van der Waals surface area (Å²) in [6, 6.07) is 0. The van der Waals surface area contributed by atoms with Gasteiger partial charge in [0, 0.05) is 12.3 Å². The standard InChI is InChI=1S/C9H17NO4S/c11-9(12)10-5-7-1-3-8(4-2-7)6-15(13)14/h7-8,10H,1-6H2,(H,11,12)(H,13,14)/p-1. The lowest BCUT2D eigenvalue weighted by Gasteiger charge is -2.28. The van der Waals surface area contributed by atoms with Crippen LogP contribution in [-0.2, 0) is 11.1 Å². The third-order valence-corrected chi connectivity index (χ3v) is 3.62. The van der Waals surface area contributed by atoms with Crippen LogP contribution >= 0.6 is 0 Å². The second-order valence-corrected chi connectivity index (χ2v) is 4.98. The Balaban J connectivity index is 2.18. The largest absolute Gasteiger partial charge is 0.772 e. The average Bonchev–Trinajstić information content (AvgIpc) is 2.16. The van der Waals surface area contributed by atoms with Gasteiger partial charge in [0.15, 0.2) is 0 Å². The first-order valence-electron chi connectivity index (χ1n) is 5.10. The Morgan fingerprint density at radius 1 is 1.33 bits per heavy atom. The molecule has 15 heavy (non-hydrogen) atoms. The Kier molecular flexibility index (Phi) is 5.04. The highest BCUT2D eigenvalue weighted by Crippen LogP contribution is 2.28. The lowest BCUT2D eigenvalue weighted by Crippen LogP contribution is -2.30. The molecule has 0 spiro atoms. The Labute approximate surface area is 91.5 Å². The Morgan fingerprint density at radius 3 is 2.33 bits per heavy atom. The summed E-state index contributed by atoms with van der Waals surface area (Å²) < 4.78 is 20.9. The van der Waals surface area contributed by atoms with Gasteiger partial charge in [-0.15, -0.1) is 0 Å². The molecule has 0 aliphatic heterocycles. The van der Waals surface area contributed by atoms with Gasteiger partial charge in [0.2, 0.25) is 0 Å². The molecule has 0 aromatic rings. The van der Waals surface area contributed by atoms with Crippen LogP contribution in [0.3, 0.4) is 0 Å². The van der Waals surface area contributed by atoms with Crippen molar-refractivity contribution in [3.63, 3.8) is 0 Å². The van der Waals surface area contributed by atoms with Crippen molar-refractivity contribution in [1.29, 1.82) is 0 Å². The van der Waals surface area contributed by atoms with Gasteiger partial charge >= 0.3 is 6.09 Å². The molecule has 5 nitrogen and oxygen atoms in total. The predicted molar refractivity (Wildman–Crippen MR) is 55.3 cm³/mol. The van der Waals surface area contributed by atoms with Crippen LogP contribution in [0.1, 0.15) is 25.7 Å². The van der Waals surface area contributed by atoms with Crippen LogP contribution in [0.5, 0.6) is 0 Å². The van der Waals surface area contributed by atoms with Crippen LogP contribution in [0.15, 0.2) is 0 Å². The molecule has 0 radical (unpaired) electrons. The molecule has 88 valence electrons. The zero-order valence-electron chi connectivity index (χ0n) is 8.48. The topological polar surface area (TPSA) is 89.5 Å². The zero-order valence-corrected chi connectivity index (χ0v) is 9.29. The summed E-state index contributed by atoms with van der Waals surface area (Å²) in [5, 5.41) is 10.8. The summed E-state index contributed by atoms with van der Waals surface area (Å²) in [6.07, 6.45) is 2.63. The number of hydrogen-bond acceptors (Lipinski definition) is 3. The van der Waals surface area contributed by atoms with Gasteiger partial charge in [-0.3, -0.25) is 4.21 Å². The third-order valence-electron chi connectivity index (χ3n) is 2.88.